The number of aryl methyl sites for hydroxylation is 3. The molecule has 198 valence electrons. The van der Waals surface area contributed by atoms with Crippen LogP contribution in [0.4, 0.5) is 0 Å². The van der Waals surface area contributed by atoms with Gasteiger partial charge in [0, 0.05) is 11.5 Å². The van der Waals surface area contributed by atoms with E-state index in [4.69, 9.17) is 9.15 Å². The van der Waals surface area contributed by atoms with Crippen molar-refractivity contribution in [3.63, 3.8) is 0 Å². The molecule has 0 saturated carbocycles. The van der Waals surface area contributed by atoms with Gasteiger partial charge in [-0.25, -0.2) is 4.79 Å². The standard InChI is InChI=1S/C25H24N4O6S3/c1-12-6-13(2)8-17(7-12)34-9-16-4-5-18(35-16)21(30)26-19-22(31)29-20(24(32)33)15(10-36-23(19)29)11-37-25-28-27-14(3)38-25/h4-8,19,23H,9-11H2,1-3H3,(H,26,30)(H,32,33)/t19-,23-/m1/s1. The molecule has 1 aromatic carbocycles. The number of aliphatic carboxylic acids is 1. The largest absolute Gasteiger partial charge is 0.486 e. The number of carbonyl (C=O) groups is 3. The number of thioether (sulfide) groups is 2. The maximum atomic E-state index is 12.9. The van der Waals surface area contributed by atoms with Gasteiger partial charge in [0.1, 0.15) is 40.2 Å². The molecule has 1 saturated heterocycles. The average Bonchev–Trinajstić information content (AvgIpc) is 3.52. The average molecular weight is 573 g/mol. The van der Waals surface area contributed by atoms with Crippen molar-refractivity contribution in [3.05, 3.63) is 69.3 Å². The minimum absolute atomic E-state index is 0.0261. The first-order valence-corrected chi connectivity index (χ1v) is 14.5. The summed E-state index contributed by atoms with van der Waals surface area (Å²) in [4.78, 5) is 39.1. The number of aromatic nitrogens is 2. The third-order valence-electron chi connectivity index (χ3n) is 5.88. The van der Waals surface area contributed by atoms with Gasteiger partial charge in [-0.1, -0.05) is 29.2 Å². The summed E-state index contributed by atoms with van der Waals surface area (Å²) in [6, 6.07) is 8.21. The van der Waals surface area contributed by atoms with Crippen molar-refractivity contribution < 1.29 is 28.6 Å². The molecule has 2 atom stereocenters. The topological polar surface area (TPSA) is 135 Å². The summed E-state index contributed by atoms with van der Waals surface area (Å²) in [5, 5.41) is 20.9. The molecule has 2 aromatic heterocycles. The third kappa shape index (κ3) is 5.45. The van der Waals surface area contributed by atoms with E-state index >= 15 is 0 Å². The van der Waals surface area contributed by atoms with Gasteiger partial charge in [0.05, 0.1) is 0 Å². The molecule has 10 nitrogen and oxygen atoms in total. The van der Waals surface area contributed by atoms with Crippen LogP contribution >= 0.6 is 34.9 Å². The van der Waals surface area contributed by atoms with Crippen molar-refractivity contribution >= 4 is 52.6 Å². The van der Waals surface area contributed by atoms with Gasteiger partial charge in [-0.15, -0.1) is 22.0 Å². The number of amides is 2. The Bertz CT molecular complexity index is 1430. The number of hydrogen-bond acceptors (Lipinski definition) is 10. The van der Waals surface area contributed by atoms with Gasteiger partial charge in [0.2, 0.25) is 0 Å². The number of nitrogens with zero attached hydrogens (tertiary/aromatic N) is 3. The van der Waals surface area contributed by atoms with E-state index in [1.165, 1.54) is 45.8 Å². The van der Waals surface area contributed by atoms with E-state index in [0.717, 1.165) is 20.5 Å². The molecule has 0 radical (unpaired) electrons. The second-order valence-electron chi connectivity index (χ2n) is 8.87. The van der Waals surface area contributed by atoms with Crippen LogP contribution in [-0.4, -0.2) is 60.9 Å². The highest BCUT2D eigenvalue weighted by molar-refractivity contribution is 8.01. The van der Waals surface area contributed by atoms with Crippen molar-refractivity contribution in [1.82, 2.24) is 20.4 Å². The van der Waals surface area contributed by atoms with Crippen LogP contribution in [0.1, 0.15) is 32.4 Å². The molecule has 0 aliphatic carbocycles. The van der Waals surface area contributed by atoms with E-state index in [0.29, 0.717) is 28.6 Å². The number of benzene rings is 1. The van der Waals surface area contributed by atoms with Gasteiger partial charge in [-0.3, -0.25) is 14.5 Å². The number of β-lactam (4-membered cyclic amide) rings is 1. The zero-order valence-corrected chi connectivity index (χ0v) is 23.2. The normalized spacial score (nSPS) is 18.7. The van der Waals surface area contributed by atoms with Crippen LogP contribution in [0.25, 0.3) is 0 Å². The molecule has 13 heteroatoms. The van der Waals surface area contributed by atoms with Crippen molar-refractivity contribution in [2.24, 2.45) is 0 Å². The second-order valence-corrected chi connectivity index (χ2v) is 12.4. The maximum Gasteiger partial charge on any atom is 0.352 e. The van der Waals surface area contributed by atoms with Crippen LogP contribution < -0.4 is 10.1 Å². The van der Waals surface area contributed by atoms with Gasteiger partial charge in [-0.05, 0) is 61.7 Å². The molecule has 2 amide bonds. The lowest BCUT2D eigenvalue weighted by molar-refractivity contribution is -0.148. The van der Waals surface area contributed by atoms with Crippen molar-refractivity contribution in [3.8, 4) is 5.75 Å². The number of rotatable bonds is 9. The molecule has 0 bridgehead atoms. The Morgan fingerprint density at radius 2 is 1.97 bits per heavy atom. The van der Waals surface area contributed by atoms with Gasteiger partial charge >= 0.3 is 5.97 Å². The molecule has 1 fully saturated rings. The minimum atomic E-state index is -1.17. The summed E-state index contributed by atoms with van der Waals surface area (Å²) in [5.41, 5.74) is 2.77. The number of carboxylic acid groups (broad SMARTS) is 1. The fourth-order valence-electron chi connectivity index (χ4n) is 4.24. The van der Waals surface area contributed by atoms with Crippen LogP contribution in [0.3, 0.4) is 0 Å². The summed E-state index contributed by atoms with van der Waals surface area (Å²) < 4.78 is 12.2. The van der Waals surface area contributed by atoms with Crippen molar-refractivity contribution in [1.29, 1.82) is 0 Å². The van der Waals surface area contributed by atoms with Crippen LogP contribution in [0.2, 0.25) is 0 Å². The summed E-state index contributed by atoms with van der Waals surface area (Å²) >= 11 is 4.24. The van der Waals surface area contributed by atoms with E-state index in [1.54, 1.807) is 6.07 Å². The number of carboxylic acids is 1. The lowest BCUT2D eigenvalue weighted by Gasteiger charge is -2.49. The predicted octanol–water partition coefficient (Wildman–Crippen LogP) is 3.78. The summed E-state index contributed by atoms with van der Waals surface area (Å²) in [6.07, 6.45) is 0. The maximum absolute atomic E-state index is 12.9. The molecule has 2 aliphatic rings. The van der Waals surface area contributed by atoms with Gasteiger partial charge in [-0.2, -0.15) is 0 Å². The molecular weight excluding hydrogens is 548 g/mol. The van der Waals surface area contributed by atoms with Crippen molar-refractivity contribution in [2.75, 3.05) is 11.5 Å². The number of fused-ring (bicyclic) bond motifs is 1. The lowest BCUT2D eigenvalue weighted by Crippen LogP contribution is -2.70. The molecule has 0 spiro atoms. The molecular formula is C25H24N4O6S3. The molecule has 0 unspecified atom stereocenters. The van der Waals surface area contributed by atoms with Gasteiger partial charge in [0.25, 0.3) is 11.8 Å². The Balaban J connectivity index is 1.20. The minimum Gasteiger partial charge on any atom is -0.486 e. The predicted molar refractivity (Wildman–Crippen MR) is 143 cm³/mol. The molecule has 2 aliphatic heterocycles. The number of furan rings is 1. The number of hydrogen-bond donors (Lipinski definition) is 2. The highest BCUT2D eigenvalue weighted by Gasteiger charge is 2.54. The Morgan fingerprint density at radius 1 is 1.21 bits per heavy atom. The Morgan fingerprint density at radius 3 is 2.66 bits per heavy atom. The van der Waals surface area contributed by atoms with Crippen molar-refractivity contribution in [2.45, 2.75) is 43.1 Å². The Labute approximate surface area is 230 Å². The van der Waals surface area contributed by atoms with Crippen LogP contribution in [0.5, 0.6) is 5.75 Å². The van der Waals surface area contributed by atoms with Crippen LogP contribution in [0, 0.1) is 20.8 Å². The SMILES string of the molecule is Cc1cc(C)cc(OCc2ccc(C(=O)N[C@@H]3C(=O)N4C(C(=O)O)=C(CSc5nnc(C)s5)CS[C@H]34)o2)c1. The van der Waals surface area contributed by atoms with Crippen LogP contribution in [0.15, 0.2) is 50.4 Å². The van der Waals surface area contributed by atoms with Gasteiger partial charge in [0.15, 0.2) is 10.1 Å². The monoisotopic (exact) mass is 572 g/mol. The lowest BCUT2D eigenvalue weighted by atomic mass is 10.0. The molecule has 5 rings (SSSR count). The number of ether oxygens (including phenoxy) is 1. The van der Waals surface area contributed by atoms with Crippen LogP contribution in [-0.2, 0) is 16.2 Å². The fraction of sp³-hybridized carbons (Fsp3) is 0.320. The van der Waals surface area contributed by atoms with E-state index in [1.807, 2.05) is 39.0 Å². The molecule has 4 heterocycles. The smallest absolute Gasteiger partial charge is 0.352 e. The summed E-state index contributed by atoms with van der Waals surface area (Å²) in [5.74, 6) is -0.150. The molecule has 2 N–H and O–H groups in total. The first-order chi connectivity index (χ1) is 18.2. The number of nitrogens with one attached hydrogen (secondary N) is 1. The van der Waals surface area contributed by atoms with E-state index < -0.39 is 29.2 Å². The Hall–Kier alpha value is -3.29. The number of carbonyl (C=O) groups excluding carboxylic acids is 2. The quantitative estimate of drug-likeness (QED) is 0.288. The first kappa shape index (κ1) is 26.3. The molecule has 3 aromatic rings. The van der Waals surface area contributed by atoms with E-state index in [2.05, 4.69) is 15.5 Å². The van der Waals surface area contributed by atoms with E-state index in [9.17, 15) is 19.5 Å². The summed E-state index contributed by atoms with van der Waals surface area (Å²) in [6.45, 7) is 5.97. The summed E-state index contributed by atoms with van der Waals surface area (Å²) in [7, 11) is 0. The first-order valence-electron chi connectivity index (χ1n) is 11.6. The highest BCUT2D eigenvalue weighted by Crippen LogP contribution is 2.42. The fourth-order valence-corrected chi connectivity index (χ4v) is 7.54. The zero-order chi connectivity index (χ0) is 27.0. The second kappa shape index (κ2) is 10.8. The third-order valence-corrected chi connectivity index (χ3v) is 9.27. The zero-order valence-electron chi connectivity index (χ0n) is 20.7. The van der Waals surface area contributed by atoms with E-state index in [-0.39, 0.29) is 18.1 Å². The Kier molecular flexibility index (Phi) is 7.50. The highest BCUT2D eigenvalue weighted by atomic mass is 32.2. The molecule has 38 heavy (non-hydrogen) atoms. The van der Waals surface area contributed by atoms with Gasteiger partial charge < -0.3 is 19.6 Å².